The van der Waals surface area contributed by atoms with E-state index in [9.17, 15) is 4.79 Å². The summed E-state index contributed by atoms with van der Waals surface area (Å²) >= 11 is 5.28. The quantitative estimate of drug-likeness (QED) is 0.341. The summed E-state index contributed by atoms with van der Waals surface area (Å²) < 4.78 is 16.6. The third-order valence-electron chi connectivity index (χ3n) is 4.38. The molecule has 32 heavy (non-hydrogen) atoms. The number of nitrogens with one attached hydrogen (secondary N) is 2. The summed E-state index contributed by atoms with van der Waals surface area (Å²) in [6.45, 7) is 4.04. The van der Waals surface area contributed by atoms with E-state index in [0.29, 0.717) is 43.5 Å². The van der Waals surface area contributed by atoms with E-state index in [-0.39, 0.29) is 11.0 Å². The van der Waals surface area contributed by atoms with Crippen LogP contribution in [0.3, 0.4) is 0 Å². The van der Waals surface area contributed by atoms with Gasteiger partial charge in [0.2, 0.25) is 0 Å². The van der Waals surface area contributed by atoms with Gasteiger partial charge >= 0.3 is 0 Å². The number of hydrogen-bond acceptors (Lipinski definition) is 5. The number of hydrogen-bond donors (Lipinski definition) is 2. The van der Waals surface area contributed by atoms with Crippen molar-refractivity contribution in [3.8, 4) is 11.5 Å². The number of ether oxygens (including phenoxy) is 3. The SMILES string of the molecule is CCOCCOc1ccc(C(=O)NC(=S)Nc2cccc(OCc3ccccc3)c2)cc1. The zero-order valence-corrected chi connectivity index (χ0v) is 18.7. The van der Waals surface area contributed by atoms with Crippen LogP contribution in [0.25, 0.3) is 0 Å². The van der Waals surface area contributed by atoms with Crippen molar-refractivity contribution in [2.75, 3.05) is 25.1 Å². The van der Waals surface area contributed by atoms with Crippen LogP contribution < -0.4 is 20.1 Å². The van der Waals surface area contributed by atoms with Crippen LogP contribution in [0.15, 0.2) is 78.9 Å². The Bertz CT molecular complexity index is 1010. The first kappa shape index (κ1) is 23.2. The summed E-state index contributed by atoms with van der Waals surface area (Å²) in [4.78, 5) is 12.5. The molecular weight excluding hydrogens is 424 g/mol. The maximum atomic E-state index is 12.5. The van der Waals surface area contributed by atoms with Crippen molar-refractivity contribution in [3.05, 3.63) is 90.0 Å². The maximum absolute atomic E-state index is 12.5. The molecule has 166 valence electrons. The average molecular weight is 451 g/mol. The molecule has 3 aromatic rings. The molecule has 0 unspecified atom stereocenters. The van der Waals surface area contributed by atoms with Crippen LogP contribution >= 0.6 is 12.2 Å². The first-order valence-electron chi connectivity index (χ1n) is 10.3. The van der Waals surface area contributed by atoms with Gasteiger partial charge in [0.1, 0.15) is 24.7 Å². The van der Waals surface area contributed by atoms with Gasteiger partial charge in [0.05, 0.1) is 6.61 Å². The van der Waals surface area contributed by atoms with Gasteiger partial charge in [-0.15, -0.1) is 0 Å². The Morgan fingerprint density at radius 3 is 2.41 bits per heavy atom. The van der Waals surface area contributed by atoms with E-state index in [1.807, 2.05) is 61.5 Å². The van der Waals surface area contributed by atoms with Crippen molar-refractivity contribution in [2.45, 2.75) is 13.5 Å². The van der Waals surface area contributed by atoms with Crippen molar-refractivity contribution in [1.82, 2.24) is 5.32 Å². The number of carbonyl (C=O) groups is 1. The van der Waals surface area contributed by atoms with Crippen LogP contribution in [0.2, 0.25) is 0 Å². The number of benzene rings is 3. The predicted molar refractivity (Wildman–Crippen MR) is 129 cm³/mol. The van der Waals surface area contributed by atoms with E-state index in [1.54, 1.807) is 24.3 Å². The molecule has 0 atom stereocenters. The lowest BCUT2D eigenvalue weighted by Crippen LogP contribution is -2.34. The first-order valence-corrected chi connectivity index (χ1v) is 10.7. The van der Waals surface area contributed by atoms with Gasteiger partial charge in [-0.2, -0.15) is 0 Å². The van der Waals surface area contributed by atoms with Gasteiger partial charge in [-0.1, -0.05) is 36.4 Å². The van der Waals surface area contributed by atoms with E-state index < -0.39 is 0 Å². The fourth-order valence-corrected chi connectivity index (χ4v) is 3.02. The molecule has 0 spiro atoms. The van der Waals surface area contributed by atoms with Gasteiger partial charge < -0.3 is 19.5 Å². The van der Waals surface area contributed by atoms with Gasteiger partial charge in [-0.05, 0) is 61.1 Å². The van der Waals surface area contributed by atoms with Crippen LogP contribution in [-0.4, -0.2) is 30.8 Å². The average Bonchev–Trinajstić information content (AvgIpc) is 2.82. The Morgan fingerprint density at radius 1 is 0.875 bits per heavy atom. The second-order valence-electron chi connectivity index (χ2n) is 6.78. The van der Waals surface area contributed by atoms with Crippen LogP contribution in [0.4, 0.5) is 5.69 Å². The molecule has 0 radical (unpaired) electrons. The molecule has 0 saturated carbocycles. The third kappa shape index (κ3) is 7.68. The van der Waals surface area contributed by atoms with Crippen LogP contribution in [0, 0.1) is 0 Å². The highest BCUT2D eigenvalue weighted by Crippen LogP contribution is 2.19. The van der Waals surface area contributed by atoms with Gasteiger partial charge in [-0.3, -0.25) is 10.1 Å². The van der Waals surface area contributed by atoms with Crippen molar-refractivity contribution in [1.29, 1.82) is 0 Å². The van der Waals surface area contributed by atoms with Crippen molar-refractivity contribution in [3.63, 3.8) is 0 Å². The first-order chi connectivity index (χ1) is 15.6. The highest BCUT2D eigenvalue weighted by Gasteiger charge is 2.09. The van der Waals surface area contributed by atoms with Crippen molar-refractivity contribution >= 4 is 28.9 Å². The second-order valence-corrected chi connectivity index (χ2v) is 7.19. The summed E-state index contributed by atoms with van der Waals surface area (Å²) in [5.74, 6) is 1.07. The third-order valence-corrected chi connectivity index (χ3v) is 4.59. The largest absolute Gasteiger partial charge is 0.491 e. The van der Waals surface area contributed by atoms with Crippen molar-refractivity contribution in [2.24, 2.45) is 0 Å². The highest BCUT2D eigenvalue weighted by molar-refractivity contribution is 7.80. The lowest BCUT2D eigenvalue weighted by atomic mass is 10.2. The monoisotopic (exact) mass is 450 g/mol. The zero-order chi connectivity index (χ0) is 22.6. The normalized spacial score (nSPS) is 10.3. The number of thiocarbonyl (C=S) groups is 1. The van der Waals surface area contributed by atoms with Crippen LogP contribution in [0.5, 0.6) is 11.5 Å². The smallest absolute Gasteiger partial charge is 0.257 e. The molecule has 0 fully saturated rings. The minimum atomic E-state index is -0.306. The Labute approximate surface area is 193 Å². The van der Waals surface area contributed by atoms with Gasteiger partial charge in [-0.25, -0.2) is 0 Å². The summed E-state index contributed by atoms with van der Waals surface area (Å²) in [5.41, 5.74) is 2.28. The molecule has 7 heteroatoms. The summed E-state index contributed by atoms with van der Waals surface area (Å²) in [6.07, 6.45) is 0. The lowest BCUT2D eigenvalue weighted by molar-refractivity contribution is 0.0977. The van der Waals surface area contributed by atoms with Gasteiger partial charge in [0.15, 0.2) is 5.11 Å². The molecule has 0 aromatic heterocycles. The summed E-state index contributed by atoms with van der Waals surface area (Å²) in [6, 6.07) is 24.2. The molecule has 6 nitrogen and oxygen atoms in total. The van der Waals surface area contributed by atoms with E-state index in [0.717, 1.165) is 11.3 Å². The summed E-state index contributed by atoms with van der Waals surface area (Å²) in [7, 11) is 0. The zero-order valence-electron chi connectivity index (χ0n) is 17.9. The molecule has 0 heterocycles. The fourth-order valence-electron chi connectivity index (χ4n) is 2.81. The molecule has 2 N–H and O–H groups in total. The standard InChI is InChI=1S/C25H26N2O4S/c1-2-29-15-16-30-22-13-11-20(12-14-22)24(28)27-25(32)26-21-9-6-10-23(17-21)31-18-19-7-4-3-5-8-19/h3-14,17H,2,15-16,18H2,1H3,(H2,26,27,28,32). The number of carbonyl (C=O) groups excluding carboxylic acids is 1. The number of anilines is 1. The molecule has 0 bridgehead atoms. The molecule has 0 aliphatic rings. The Kier molecular flexibility index (Phi) is 9.04. The topological polar surface area (TPSA) is 68.8 Å². The molecule has 0 aliphatic heterocycles. The molecule has 1 amide bonds. The molecule has 0 saturated heterocycles. The lowest BCUT2D eigenvalue weighted by Gasteiger charge is -2.12. The van der Waals surface area contributed by atoms with Gasteiger partial charge in [0.25, 0.3) is 5.91 Å². The van der Waals surface area contributed by atoms with Crippen LogP contribution in [-0.2, 0) is 11.3 Å². The highest BCUT2D eigenvalue weighted by atomic mass is 32.1. The van der Waals surface area contributed by atoms with Crippen molar-refractivity contribution < 1.29 is 19.0 Å². The summed E-state index contributed by atoms with van der Waals surface area (Å²) in [5, 5.41) is 5.90. The van der Waals surface area contributed by atoms with E-state index >= 15 is 0 Å². The van der Waals surface area contributed by atoms with E-state index in [2.05, 4.69) is 10.6 Å². The van der Waals surface area contributed by atoms with Crippen LogP contribution in [0.1, 0.15) is 22.8 Å². The number of amides is 1. The molecular formula is C25H26N2O4S. The maximum Gasteiger partial charge on any atom is 0.257 e. The minimum absolute atomic E-state index is 0.201. The second kappa shape index (κ2) is 12.4. The molecule has 3 rings (SSSR count). The van der Waals surface area contributed by atoms with E-state index in [1.165, 1.54) is 0 Å². The minimum Gasteiger partial charge on any atom is -0.491 e. The molecule has 0 aliphatic carbocycles. The van der Waals surface area contributed by atoms with E-state index in [4.69, 9.17) is 26.4 Å². The predicted octanol–water partition coefficient (Wildman–Crippen LogP) is 4.81. The Balaban J connectivity index is 1.48. The Morgan fingerprint density at radius 2 is 1.66 bits per heavy atom. The molecule has 3 aromatic carbocycles. The van der Waals surface area contributed by atoms with Gasteiger partial charge in [0, 0.05) is 23.9 Å². The Hall–Kier alpha value is -3.42. The number of rotatable bonds is 10. The fraction of sp³-hybridized carbons (Fsp3) is 0.200.